The van der Waals surface area contributed by atoms with Gasteiger partial charge in [-0.3, -0.25) is 19.2 Å². The van der Waals surface area contributed by atoms with E-state index in [9.17, 15) is 29.1 Å². The predicted molar refractivity (Wildman–Crippen MR) is 107 cm³/mol. The molecule has 3 amide bonds. The van der Waals surface area contributed by atoms with Crippen LogP contribution in [0, 0.1) is 0 Å². The zero-order valence-corrected chi connectivity index (χ0v) is 16.8. The van der Waals surface area contributed by atoms with Gasteiger partial charge in [-0.1, -0.05) is 30.3 Å². The van der Waals surface area contributed by atoms with E-state index in [4.69, 9.17) is 15.9 Å². The van der Waals surface area contributed by atoms with Gasteiger partial charge in [-0.25, -0.2) is 4.79 Å². The van der Waals surface area contributed by atoms with E-state index in [1.54, 1.807) is 24.3 Å². The van der Waals surface area contributed by atoms with Gasteiger partial charge in [-0.05, 0) is 18.9 Å². The van der Waals surface area contributed by atoms with E-state index in [-0.39, 0.29) is 6.42 Å². The lowest BCUT2D eigenvalue weighted by atomic mass is 10.1. The molecule has 12 heteroatoms. The highest BCUT2D eigenvalue weighted by Gasteiger charge is 2.30. The van der Waals surface area contributed by atoms with Crippen LogP contribution >= 0.6 is 0 Å². The molecule has 170 valence electrons. The Morgan fingerprint density at radius 1 is 1.00 bits per heavy atom. The number of hydrogen-bond acceptors (Lipinski definition) is 7. The van der Waals surface area contributed by atoms with Crippen molar-refractivity contribution in [2.24, 2.45) is 5.73 Å². The van der Waals surface area contributed by atoms with Crippen molar-refractivity contribution in [2.75, 3.05) is 6.54 Å². The van der Waals surface area contributed by atoms with Gasteiger partial charge in [0.25, 0.3) is 0 Å². The first-order valence-electron chi connectivity index (χ1n) is 9.30. The van der Waals surface area contributed by atoms with Crippen molar-refractivity contribution in [3.05, 3.63) is 35.9 Å². The van der Waals surface area contributed by atoms with Crippen LogP contribution < -0.4 is 21.7 Å². The molecule has 0 aliphatic heterocycles. The number of rotatable bonds is 12. The summed E-state index contributed by atoms with van der Waals surface area (Å²) in [6.07, 6.45) is -2.08. The number of benzene rings is 1. The summed E-state index contributed by atoms with van der Waals surface area (Å²) < 4.78 is 0. The lowest BCUT2D eigenvalue weighted by Crippen LogP contribution is -2.56. The Kier molecular flexibility index (Phi) is 10.1. The van der Waals surface area contributed by atoms with Gasteiger partial charge in [-0.15, -0.1) is 0 Å². The zero-order chi connectivity index (χ0) is 23.6. The number of nitrogens with one attached hydrogen (secondary N) is 3. The molecule has 0 spiro atoms. The van der Waals surface area contributed by atoms with Gasteiger partial charge >= 0.3 is 11.9 Å². The molecule has 4 unspecified atom stereocenters. The van der Waals surface area contributed by atoms with Crippen molar-refractivity contribution in [3.8, 4) is 0 Å². The van der Waals surface area contributed by atoms with Crippen LogP contribution in [0.25, 0.3) is 0 Å². The van der Waals surface area contributed by atoms with Crippen molar-refractivity contribution >= 4 is 29.7 Å². The lowest BCUT2D eigenvalue weighted by Gasteiger charge is -2.22. The standard InChI is InChI=1S/C19H26N4O8/c1-10(24)16(19(30)31)23-18(29)13(8-15(26)27)22-14(25)9-21-17(28)12(20)7-11-5-3-2-4-6-11/h2-6,10,12-13,16,24H,7-9,20H2,1H3,(H,21,28)(H,22,25)(H,23,29)(H,26,27)(H,30,31). The number of carboxylic acids is 2. The molecule has 8 N–H and O–H groups in total. The Hall–Kier alpha value is -3.51. The second kappa shape index (κ2) is 12.2. The first-order chi connectivity index (χ1) is 14.5. The summed E-state index contributed by atoms with van der Waals surface area (Å²) in [6.45, 7) is 0.543. The average molecular weight is 438 g/mol. The smallest absolute Gasteiger partial charge is 0.328 e. The molecule has 12 nitrogen and oxygen atoms in total. The number of carboxylic acid groups (broad SMARTS) is 2. The second-order valence-electron chi connectivity index (χ2n) is 6.80. The molecule has 0 radical (unpaired) electrons. The number of aliphatic hydroxyl groups excluding tert-OH is 1. The zero-order valence-electron chi connectivity index (χ0n) is 16.8. The summed E-state index contributed by atoms with van der Waals surface area (Å²) in [4.78, 5) is 58.4. The molecule has 1 aromatic rings. The quantitative estimate of drug-likeness (QED) is 0.185. The summed E-state index contributed by atoms with van der Waals surface area (Å²) >= 11 is 0. The average Bonchev–Trinajstić information content (AvgIpc) is 2.69. The van der Waals surface area contributed by atoms with Crippen LogP contribution in [-0.4, -0.2) is 75.8 Å². The number of carbonyl (C=O) groups excluding carboxylic acids is 3. The topological polar surface area (TPSA) is 208 Å². The fraction of sp³-hybridized carbons (Fsp3) is 0.421. The number of aliphatic hydroxyl groups is 1. The Morgan fingerprint density at radius 3 is 2.13 bits per heavy atom. The van der Waals surface area contributed by atoms with E-state index >= 15 is 0 Å². The number of aliphatic carboxylic acids is 2. The first kappa shape index (κ1) is 25.5. The van der Waals surface area contributed by atoms with Crippen molar-refractivity contribution < 1.29 is 39.3 Å². The normalized spacial score (nSPS) is 14.4. The molecule has 0 aliphatic carbocycles. The van der Waals surface area contributed by atoms with E-state index in [0.29, 0.717) is 0 Å². The molecule has 0 aliphatic rings. The molecular formula is C19H26N4O8. The Labute approximate surface area is 177 Å². The molecule has 0 heterocycles. The van der Waals surface area contributed by atoms with Gasteiger partial charge in [0.2, 0.25) is 17.7 Å². The van der Waals surface area contributed by atoms with Crippen molar-refractivity contribution in [3.63, 3.8) is 0 Å². The fourth-order valence-electron chi connectivity index (χ4n) is 2.53. The first-order valence-corrected chi connectivity index (χ1v) is 9.30. The molecule has 1 aromatic carbocycles. The number of nitrogens with two attached hydrogens (primary N) is 1. The van der Waals surface area contributed by atoms with Gasteiger partial charge < -0.3 is 37.0 Å². The fourth-order valence-corrected chi connectivity index (χ4v) is 2.53. The van der Waals surface area contributed by atoms with E-state index in [0.717, 1.165) is 12.5 Å². The van der Waals surface area contributed by atoms with Gasteiger partial charge in [0.1, 0.15) is 6.04 Å². The minimum Gasteiger partial charge on any atom is -0.481 e. The van der Waals surface area contributed by atoms with Crippen molar-refractivity contribution in [2.45, 2.75) is 44.0 Å². The van der Waals surface area contributed by atoms with Crippen LogP contribution in [0.2, 0.25) is 0 Å². The van der Waals surface area contributed by atoms with E-state index in [1.165, 1.54) is 0 Å². The van der Waals surface area contributed by atoms with Crippen LogP contribution in [0.4, 0.5) is 0 Å². The summed E-state index contributed by atoms with van der Waals surface area (Å²) in [7, 11) is 0. The molecule has 0 saturated heterocycles. The van der Waals surface area contributed by atoms with Crippen LogP contribution in [-0.2, 0) is 30.4 Å². The number of carbonyl (C=O) groups is 5. The molecule has 1 rings (SSSR count). The Balaban J connectivity index is 2.64. The minimum atomic E-state index is -1.70. The SMILES string of the molecule is CC(O)C(NC(=O)C(CC(=O)O)NC(=O)CNC(=O)C(N)Cc1ccccc1)C(=O)O. The molecule has 0 fully saturated rings. The van der Waals surface area contributed by atoms with Crippen molar-refractivity contribution in [1.29, 1.82) is 0 Å². The van der Waals surface area contributed by atoms with E-state index in [1.807, 2.05) is 11.4 Å². The Morgan fingerprint density at radius 2 is 1.61 bits per heavy atom. The highest BCUT2D eigenvalue weighted by Crippen LogP contribution is 2.02. The molecule has 0 bridgehead atoms. The minimum absolute atomic E-state index is 0.230. The third-order valence-corrected chi connectivity index (χ3v) is 4.14. The summed E-state index contributed by atoms with van der Waals surface area (Å²) in [5, 5.41) is 33.7. The molecule has 4 atom stereocenters. The number of hydrogen-bond donors (Lipinski definition) is 7. The maximum Gasteiger partial charge on any atom is 0.328 e. The van der Waals surface area contributed by atoms with E-state index in [2.05, 4.69) is 10.6 Å². The molecular weight excluding hydrogens is 412 g/mol. The van der Waals surface area contributed by atoms with Crippen LogP contribution in [0.3, 0.4) is 0 Å². The lowest BCUT2D eigenvalue weighted by molar-refractivity contribution is -0.145. The van der Waals surface area contributed by atoms with Crippen LogP contribution in [0.15, 0.2) is 30.3 Å². The molecule has 31 heavy (non-hydrogen) atoms. The van der Waals surface area contributed by atoms with Crippen LogP contribution in [0.5, 0.6) is 0 Å². The van der Waals surface area contributed by atoms with Crippen LogP contribution in [0.1, 0.15) is 18.9 Å². The molecule has 0 saturated carbocycles. The van der Waals surface area contributed by atoms with E-state index < -0.39 is 66.9 Å². The highest BCUT2D eigenvalue weighted by molar-refractivity contribution is 5.94. The van der Waals surface area contributed by atoms with Gasteiger partial charge in [0.15, 0.2) is 6.04 Å². The largest absolute Gasteiger partial charge is 0.481 e. The van der Waals surface area contributed by atoms with Gasteiger partial charge in [-0.2, -0.15) is 0 Å². The van der Waals surface area contributed by atoms with Gasteiger partial charge in [0, 0.05) is 0 Å². The third-order valence-electron chi connectivity index (χ3n) is 4.14. The number of amides is 3. The van der Waals surface area contributed by atoms with Crippen molar-refractivity contribution in [1.82, 2.24) is 16.0 Å². The maximum atomic E-state index is 12.2. The monoisotopic (exact) mass is 438 g/mol. The predicted octanol–water partition coefficient (Wildman–Crippen LogP) is -2.42. The third kappa shape index (κ3) is 9.23. The molecule has 0 aromatic heterocycles. The summed E-state index contributed by atoms with van der Waals surface area (Å²) in [5.41, 5.74) is 6.62. The second-order valence-corrected chi connectivity index (χ2v) is 6.80. The summed E-state index contributed by atoms with van der Waals surface area (Å²) in [6, 6.07) is 4.69. The Bertz CT molecular complexity index is 799. The summed E-state index contributed by atoms with van der Waals surface area (Å²) in [5.74, 6) is -5.60. The highest BCUT2D eigenvalue weighted by atomic mass is 16.4. The maximum absolute atomic E-state index is 12.2. The van der Waals surface area contributed by atoms with Gasteiger partial charge in [0.05, 0.1) is 25.1 Å².